The first-order chi connectivity index (χ1) is 14.8. The van der Waals surface area contributed by atoms with Crippen LogP contribution in [-0.4, -0.2) is 27.9 Å². The monoisotopic (exact) mass is 421 g/mol. The van der Waals surface area contributed by atoms with E-state index in [9.17, 15) is 14.3 Å². The fourth-order valence-electron chi connectivity index (χ4n) is 3.05. The lowest BCUT2D eigenvalue weighted by atomic mass is 9.92. The first-order valence-corrected chi connectivity index (χ1v) is 9.64. The molecule has 0 saturated heterocycles. The van der Waals surface area contributed by atoms with Crippen molar-refractivity contribution in [3.05, 3.63) is 83.8 Å². The normalized spacial score (nSPS) is 12.0. The number of hydrogen-bond acceptors (Lipinski definition) is 5. The van der Waals surface area contributed by atoms with Crippen LogP contribution in [0.15, 0.2) is 66.9 Å². The smallest absolute Gasteiger partial charge is 0.320 e. The Balaban J connectivity index is 1.73. The molecule has 0 radical (unpaired) electrons. The standard InChI is InChI=1S/C23H24FN5O2/c1-23(2,31)21(15-6-4-3-5-7-15)29-22(30)28-20-12-16(13-25)19(14-26-20)27-18-10-8-17(24)9-11-18/h3-14,21,25,27,31H,1-2H3,(H2,26,28,29,30). The molecule has 0 spiro atoms. The van der Waals surface area contributed by atoms with Crippen LogP contribution in [0.4, 0.5) is 26.4 Å². The molecule has 1 atom stereocenters. The number of nitrogens with zero attached hydrogens (tertiary/aromatic N) is 1. The van der Waals surface area contributed by atoms with E-state index < -0.39 is 17.7 Å². The maximum absolute atomic E-state index is 13.1. The largest absolute Gasteiger partial charge is 0.388 e. The van der Waals surface area contributed by atoms with Gasteiger partial charge in [-0.15, -0.1) is 0 Å². The zero-order chi connectivity index (χ0) is 22.4. The van der Waals surface area contributed by atoms with Gasteiger partial charge in [0, 0.05) is 17.5 Å². The minimum Gasteiger partial charge on any atom is -0.388 e. The number of nitrogens with one attached hydrogen (secondary N) is 4. The molecule has 5 N–H and O–H groups in total. The molecule has 31 heavy (non-hydrogen) atoms. The minimum absolute atomic E-state index is 0.239. The molecule has 2 amide bonds. The number of rotatable bonds is 7. The molecule has 8 heteroatoms. The number of hydrogen-bond donors (Lipinski definition) is 5. The van der Waals surface area contributed by atoms with Gasteiger partial charge in [0.15, 0.2) is 0 Å². The zero-order valence-electron chi connectivity index (χ0n) is 17.2. The van der Waals surface area contributed by atoms with E-state index in [0.29, 0.717) is 16.9 Å². The van der Waals surface area contributed by atoms with Crippen molar-refractivity contribution in [2.24, 2.45) is 0 Å². The number of urea groups is 1. The van der Waals surface area contributed by atoms with Gasteiger partial charge in [-0.2, -0.15) is 0 Å². The third-order valence-electron chi connectivity index (χ3n) is 4.57. The Labute approximate surface area is 179 Å². The average molecular weight is 421 g/mol. The molecule has 0 fully saturated rings. The van der Waals surface area contributed by atoms with Gasteiger partial charge in [0.1, 0.15) is 11.6 Å². The summed E-state index contributed by atoms with van der Waals surface area (Å²) < 4.78 is 13.1. The van der Waals surface area contributed by atoms with Crippen molar-refractivity contribution < 1.29 is 14.3 Å². The van der Waals surface area contributed by atoms with Gasteiger partial charge in [0.2, 0.25) is 0 Å². The van der Waals surface area contributed by atoms with Crippen LogP contribution in [0.2, 0.25) is 0 Å². The van der Waals surface area contributed by atoms with E-state index in [0.717, 1.165) is 11.8 Å². The van der Waals surface area contributed by atoms with Crippen LogP contribution >= 0.6 is 0 Å². The first kappa shape index (κ1) is 21.9. The molecule has 0 aliphatic heterocycles. The van der Waals surface area contributed by atoms with Gasteiger partial charge in [-0.05, 0) is 49.7 Å². The summed E-state index contributed by atoms with van der Waals surface area (Å²) in [6.45, 7) is 3.23. The summed E-state index contributed by atoms with van der Waals surface area (Å²) >= 11 is 0. The number of carbonyl (C=O) groups is 1. The third-order valence-corrected chi connectivity index (χ3v) is 4.57. The number of benzene rings is 2. The molecule has 3 aromatic rings. The van der Waals surface area contributed by atoms with E-state index in [-0.39, 0.29) is 11.6 Å². The second-order valence-electron chi connectivity index (χ2n) is 7.53. The van der Waals surface area contributed by atoms with E-state index in [1.165, 1.54) is 18.3 Å². The number of aliphatic hydroxyl groups is 1. The van der Waals surface area contributed by atoms with Gasteiger partial charge in [-0.25, -0.2) is 14.2 Å². The lowest BCUT2D eigenvalue weighted by molar-refractivity contribution is 0.0415. The Morgan fingerprint density at radius 1 is 1.16 bits per heavy atom. The highest BCUT2D eigenvalue weighted by Crippen LogP contribution is 2.26. The molecule has 1 aromatic heterocycles. The summed E-state index contributed by atoms with van der Waals surface area (Å²) in [4.78, 5) is 16.8. The van der Waals surface area contributed by atoms with Gasteiger partial charge in [0.05, 0.1) is 23.5 Å². The van der Waals surface area contributed by atoms with Crippen LogP contribution in [0.25, 0.3) is 0 Å². The van der Waals surface area contributed by atoms with Gasteiger partial charge in [-0.3, -0.25) is 5.32 Å². The zero-order valence-corrected chi connectivity index (χ0v) is 17.2. The number of anilines is 3. The Kier molecular flexibility index (Phi) is 6.61. The number of aromatic nitrogens is 1. The van der Waals surface area contributed by atoms with E-state index in [2.05, 4.69) is 20.9 Å². The van der Waals surface area contributed by atoms with Gasteiger partial charge in [0.25, 0.3) is 0 Å². The summed E-state index contributed by atoms with van der Waals surface area (Å²) in [6.07, 6.45) is 2.60. The van der Waals surface area contributed by atoms with Crippen molar-refractivity contribution in [2.75, 3.05) is 10.6 Å². The summed E-state index contributed by atoms with van der Waals surface area (Å²) in [6, 6.07) is 15.3. The molecule has 1 heterocycles. The van der Waals surface area contributed by atoms with Crippen LogP contribution < -0.4 is 16.0 Å². The lowest BCUT2D eigenvalue weighted by Gasteiger charge is -2.30. The maximum Gasteiger partial charge on any atom is 0.320 e. The van der Waals surface area contributed by atoms with Crippen LogP contribution in [0, 0.1) is 11.2 Å². The Morgan fingerprint density at radius 3 is 2.45 bits per heavy atom. The third kappa shape index (κ3) is 5.86. The average Bonchev–Trinajstić information content (AvgIpc) is 2.74. The van der Waals surface area contributed by atoms with E-state index in [1.807, 2.05) is 30.3 Å². The van der Waals surface area contributed by atoms with Gasteiger partial charge < -0.3 is 21.1 Å². The molecule has 0 aliphatic rings. The SMILES string of the molecule is CC(C)(O)C(NC(=O)Nc1cc(C=N)c(Nc2ccc(F)cc2)cn1)c1ccccc1. The van der Waals surface area contributed by atoms with Crippen LogP contribution in [-0.2, 0) is 0 Å². The lowest BCUT2D eigenvalue weighted by Crippen LogP contribution is -2.43. The van der Waals surface area contributed by atoms with E-state index in [4.69, 9.17) is 5.41 Å². The minimum atomic E-state index is -1.20. The number of amides is 2. The molecule has 1 unspecified atom stereocenters. The first-order valence-electron chi connectivity index (χ1n) is 9.64. The van der Waals surface area contributed by atoms with Crippen LogP contribution in [0.1, 0.15) is 31.0 Å². The summed E-state index contributed by atoms with van der Waals surface area (Å²) in [5.41, 5.74) is 1.22. The number of carbonyl (C=O) groups excluding carboxylic acids is 1. The summed E-state index contributed by atoms with van der Waals surface area (Å²) in [7, 11) is 0. The van der Waals surface area contributed by atoms with Crippen molar-refractivity contribution in [3.8, 4) is 0 Å². The second-order valence-corrected chi connectivity index (χ2v) is 7.53. The number of halogens is 1. The van der Waals surface area contributed by atoms with E-state index in [1.54, 1.807) is 32.0 Å². The highest BCUT2D eigenvalue weighted by molar-refractivity contribution is 5.92. The molecule has 0 aliphatic carbocycles. The quantitative estimate of drug-likeness (QED) is 0.359. The predicted molar refractivity (Wildman–Crippen MR) is 119 cm³/mol. The predicted octanol–water partition coefficient (Wildman–Crippen LogP) is 4.60. The Morgan fingerprint density at radius 2 is 1.84 bits per heavy atom. The van der Waals surface area contributed by atoms with Crippen molar-refractivity contribution >= 4 is 29.4 Å². The van der Waals surface area contributed by atoms with Gasteiger partial charge in [-0.1, -0.05) is 30.3 Å². The van der Waals surface area contributed by atoms with Crippen molar-refractivity contribution in [1.29, 1.82) is 5.41 Å². The van der Waals surface area contributed by atoms with Crippen LogP contribution in [0.5, 0.6) is 0 Å². The van der Waals surface area contributed by atoms with Crippen molar-refractivity contribution in [3.63, 3.8) is 0 Å². The topological polar surface area (TPSA) is 110 Å². The summed E-state index contributed by atoms with van der Waals surface area (Å²) in [5, 5.41) is 26.6. The molecule has 3 rings (SSSR count). The molecule has 2 aromatic carbocycles. The highest BCUT2D eigenvalue weighted by Gasteiger charge is 2.30. The number of pyridine rings is 1. The summed E-state index contributed by atoms with van der Waals surface area (Å²) in [5.74, 6) is -0.107. The van der Waals surface area contributed by atoms with Gasteiger partial charge >= 0.3 is 6.03 Å². The van der Waals surface area contributed by atoms with Crippen molar-refractivity contribution in [1.82, 2.24) is 10.3 Å². The Hall–Kier alpha value is -3.78. The molecule has 0 saturated carbocycles. The Bertz CT molecular complexity index is 1050. The van der Waals surface area contributed by atoms with E-state index >= 15 is 0 Å². The maximum atomic E-state index is 13.1. The molecule has 0 bridgehead atoms. The van der Waals surface area contributed by atoms with Crippen LogP contribution in [0.3, 0.4) is 0 Å². The molecular formula is C23H24FN5O2. The highest BCUT2D eigenvalue weighted by atomic mass is 19.1. The molecule has 7 nitrogen and oxygen atoms in total. The van der Waals surface area contributed by atoms with Crippen molar-refractivity contribution in [2.45, 2.75) is 25.5 Å². The fourth-order valence-corrected chi connectivity index (χ4v) is 3.05. The second kappa shape index (κ2) is 9.36. The molecule has 160 valence electrons. The fraction of sp³-hybridized carbons (Fsp3) is 0.174. The molecular weight excluding hydrogens is 397 g/mol.